The standard InChI is InChI=1S/C15H21N3O2/c1-5-15(4)14(20)18(11(3)13(19)17-15)10(2)12-7-6-8-16-9-12/h6-11H,5H2,1-4H3,(H,17,19). The molecule has 5 nitrogen and oxygen atoms in total. The number of nitrogens with one attached hydrogen (secondary N) is 1. The second-order valence-electron chi connectivity index (χ2n) is 5.53. The van der Waals surface area contributed by atoms with Crippen molar-refractivity contribution in [3.8, 4) is 0 Å². The Kier molecular flexibility index (Phi) is 3.79. The molecule has 20 heavy (non-hydrogen) atoms. The van der Waals surface area contributed by atoms with E-state index >= 15 is 0 Å². The first-order chi connectivity index (χ1) is 9.40. The van der Waals surface area contributed by atoms with Gasteiger partial charge < -0.3 is 10.2 Å². The van der Waals surface area contributed by atoms with E-state index in [4.69, 9.17) is 0 Å². The third kappa shape index (κ3) is 2.28. The van der Waals surface area contributed by atoms with E-state index in [0.717, 1.165) is 5.56 Å². The topological polar surface area (TPSA) is 62.3 Å². The number of hydrogen-bond acceptors (Lipinski definition) is 3. The lowest BCUT2D eigenvalue weighted by molar-refractivity contribution is -0.156. The average molecular weight is 275 g/mol. The van der Waals surface area contributed by atoms with Crippen molar-refractivity contribution >= 4 is 11.8 Å². The summed E-state index contributed by atoms with van der Waals surface area (Å²) < 4.78 is 0. The monoisotopic (exact) mass is 275 g/mol. The fourth-order valence-electron chi connectivity index (χ4n) is 2.55. The molecule has 2 heterocycles. The zero-order valence-electron chi connectivity index (χ0n) is 12.4. The zero-order valence-corrected chi connectivity index (χ0v) is 12.4. The molecule has 1 fully saturated rings. The van der Waals surface area contributed by atoms with Gasteiger partial charge >= 0.3 is 0 Å². The molecule has 1 aromatic rings. The molecule has 1 saturated heterocycles. The molecule has 0 radical (unpaired) electrons. The predicted octanol–water partition coefficient (Wildman–Crippen LogP) is 1.66. The van der Waals surface area contributed by atoms with Crippen molar-refractivity contribution in [1.82, 2.24) is 15.2 Å². The molecular formula is C15H21N3O2. The molecule has 1 aliphatic heterocycles. The van der Waals surface area contributed by atoms with Gasteiger partial charge in [-0.25, -0.2) is 0 Å². The molecule has 1 N–H and O–H groups in total. The Bertz CT molecular complexity index is 517. The molecule has 0 spiro atoms. The van der Waals surface area contributed by atoms with Crippen LogP contribution in [0, 0.1) is 0 Å². The second kappa shape index (κ2) is 5.23. The number of amides is 2. The highest BCUT2D eigenvalue weighted by Crippen LogP contribution is 2.29. The van der Waals surface area contributed by atoms with Gasteiger partial charge in [-0.1, -0.05) is 13.0 Å². The lowest BCUT2D eigenvalue weighted by Crippen LogP contribution is -2.68. The molecular weight excluding hydrogens is 254 g/mol. The highest BCUT2D eigenvalue weighted by molar-refractivity contribution is 5.99. The van der Waals surface area contributed by atoms with Gasteiger partial charge in [0.25, 0.3) is 0 Å². The Hall–Kier alpha value is -1.91. The Morgan fingerprint density at radius 2 is 2.20 bits per heavy atom. The van der Waals surface area contributed by atoms with Crippen molar-refractivity contribution in [2.45, 2.75) is 51.7 Å². The predicted molar refractivity (Wildman–Crippen MR) is 75.8 cm³/mol. The van der Waals surface area contributed by atoms with Crippen molar-refractivity contribution in [1.29, 1.82) is 0 Å². The summed E-state index contributed by atoms with van der Waals surface area (Å²) in [5.74, 6) is -0.145. The zero-order chi connectivity index (χ0) is 14.9. The first kappa shape index (κ1) is 14.5. The lowest BCUT2D eigenvalue weighted by atomic mass is 9.90. The second-order valence-corrected chi connectivity index (χ2v) is 5.53. The highest BCUT2D eigenvalue weighted by Gasteiger charge is 2.47. The largest absolute Gasteiger partial charge is 0.340 e. The number of piperazine rings is 1. The van der Waals surface area contributed by atoms with Gasteiger partial charge in [0.1, 0.15) is 11.6 Å². The van der Waals surface area contributed by atoms with E-state index in [1.165, 1.54) is 0 Å². The molecule has 0 aromatic carbocycles. The average Bonchev–Trinajstić information content (AvgIpc) is 2.46. The molecule has 5 heteroatoms. The van der Waals surface area contributed by atoms with Crippen LogP contribution in [0.25, 0.3) is 0 Å². The molecule has 0 bridgehead atoms. The van der Waals surface area contributed by atoms with Gasteiger partial charge in [0.2, 0.25) is 11.8 Å². The molecule has 3 unspecified atom stereocenters. The first-order valence-electron chi connectivity index (χ1n) is 6.95. The van der Waals surface area contributed by atoms with E-state index in [-0.39, 0.29) is 17.9 Å². The van der Waals surface area contributed by atoms with Crippen molar-refractivity contribution in [3.05, 3.63) is 30.1 Å². The van der Waals surface area contributed by atoms with E-state index in [9.17, 15) is 9.59 Å². The van der Waals surface area contributed by atoms with Crippen LogP contribution < -0.4 is 5.32 Å². The quantitative estimate of drug-likeness (QED) is 0.912. The SMILES string of the molecule is CCC1(C)NC(=O)C(C)N(C(C)c2cccnc2)C1=O. The molecule has 0 saturated carbocycles. The van der Waals surface area contributed by atoms with Gasteiger partial charge in [-0.05, 0) is 38.8 Å². The minimum absolute atomic E-state index is 0.0385. The van der Waals surface area contributed by atoms with Crippen LogP contribution in [0.3, 0.4) is 0 Å². The third-order valence-corrected chi connectivity index (χ3v) is 4.19. The summed E-state index contributed by atoms with van der Waals surface area (Å²) >= 11 is 0. The van der Waals surface area contributed by atoms with Crippen LogP contribution in [-0.2, 0) is 9.59 Å². The molecule has 1 aromatic heterocycles. The normalized spacial score (nSPS) is 28.2. The first-order valence-corrected chi connectivity index (χ1v) is 6.95. The van der Waals surface area contributed by atoms with Crippen LogP contribution in [0.2, 0.25) is 0 Å². The third-order valence-electron chi connectivity index (χ3n) is 4.19. The fraction of sp³-hybridized carbons (Fsp3) is 0.533. The molecule has 108 valence electrons. The van der Waals surface area contributed by atoms with E-state index in [0.29, 0.717) is 6.42 Å². The number of aromatic nitrogens is 1. The summed E-state index contributed by atoms with van der Waals surface area (Å²) in [5, 5.41) is 2.83. The Balaban J connectivity index is 2.37. The van der Waals surface area contributed by atoms with E-state index in [1.807, 2.05) is 26.0 Å². The van der Waals surface area contributed by atoms with Gasteiger partial charge in [-0.2, -0.15) is 0 Å². The smallest absolute Gasteiger partial charge is 0.249 e. The Morgan fingerprint density at radius 1 is 1.50 bits per heavy atom. The summed E-state index contributed by atoms with van der Waals surface area (Å²) in [6, 6.07) is 3.11. The Morgan fingerprint density at radius 3 is 2.75 bits per heavy atom. The summed E-state index contributed by atoms with van der Waals surface area (Å²) in [7, 11) is 0. The molecule has 2 amide bonds. The van der Waals surface area contributed by atoms with Crippen LogP contribution >= 0.6 is 0 Å². The Labute approximate surface area is 119 Å². The van der Waals surface area contributed by atoms with Crippen LogP contribution in [0.1, 0.15) is 45.7 Å². The van der Waals surface area contributed by atoms with Crippen molar-refractivity contribution in [2.75, 3.05) is 0 Å². The maximum absolute atomic E-state index is 12.7. The fourth-order valence-corrected chi connectivity index (χ4v) is 2.55. The highest BCUT2D eigenvalue weighted by atomic mass is 16.2. The molecule has 2 rings (SSSR count). The van der Waals surface area contributed by atoms with Crippen LogP contribution in [0.15, 0.2) is 24.5 Å². The van der Waals surface area contributed by atoms with Crippen LogP contribution in [0.5, 0.6) is 0 Å². The molecule has 1 aliphatic rings. The van der Waals surface area contributed by atoms with Crippen molar-refractivity contribution < 1.29 is 9.59 Å². The summed E-state index contributed by atoms with van der Waals surface area (Å²) in [6.45, 7) is 7.37. The molecule has 3 atom stereocenters. The maximum Gasteiger partial charge on any atom is 0.249 e. The number of rotatable bonds is 3. The van der Waals surface area contributed by atoms with Gasteiger partial charge in [0.15, 0.2) is 0 Å². The number of carbonyl (C=O) groups excluding carboxylic acids is 2. The maximum atomic E-state index is 12.7. The summed E-state index contributed by atoms with van der Waals surface area (Å²) in [5.41, 5.74) is 0.112. The number of pyridine rings is 1. The van der Waals surface area contributed by atoms with E-state index in [1.54, 1.807) is 31.1 Å². The molecule has 0 aliphatic carbocycles. The van der Waals surface area contributed by atoms with Gasteiger partial charge in [0.05, 0.1) is 6.04 Å². The van der Waals surface area contributed by atoms with E-state index in [2.05, 4.69) is 10.3 Å². The van der Waals surface area contributed by atoms with Gasteiger partial charge in [0, 0.05) is 12.4 Å². The number of nitrogens with zero attached hydrogens (tertiary/aromatic N) is 2. The number of hydrogen-bond donors (Lipinski definition) is 1. The van der Waals surface area contributed by atoms with Gasteiger partial charge in [-0.3, -0.25) is 14.6 Å². The van der Waals surface area contributed by atoms with E-state index < -0.39 is 11.6 Å². The summed E-state index contributed by atoms with van der Waals surface area (Å²) in [6.07, 6.45) is 4.00. The van der Waals surface area contributed by atoms with Crippen LogP contribution in [0.4, 0.5) is 0 Å². The van der Waals surface area contributed by atoms with Crippen molar-refractivity contribution in [2.24, 2.45) is 0 Å². The number of carbonyl (C=O) groups is 2. The van der Waals surface area contributed by atoms with Gasteiger partial charge in [-0.15, -0.1) is 0 Å². The minimum atomic E-state index is -0.819. The minimum Gasteiger partial charge on any atom is -0.340 e. The van der Waals surface area contributed by atoms with Crippen LogP contribution in [-0.4, -0.2) is 33.3 Å². The summed E-state index contributed by atoms with van der Waals surface area (Å²) in [4.78, 5) is 30.6. The van der Waals surface area contributed by atoms with Crippen molar-refractivity contribution in [3.63, 3.8) is 0 Å². The lowest BCUT2D eigenvalue weighted by Gasteiger charge is -2.45.